The molecule has 1 saturated heterocycles. The van der Waals surface area contributed by atoms with Crippen molar-refractivity contribution in [2.45, 2.75) is 37.0 Å². The summed E-state index contributed by atoms with van der Waals surface area (Å²) in [6, 6.07) is 7.24. The molecule has 2 aliphatic rings. The number of amides is 3. The van der Waals surface area contributed by atoms with Crippen molar-refractivity contribution in [3.05, 3.63) is 29.8 Å². The number of fused-ring (bicyclic) bond motifs is 1. The fraction of sp³-hybridized carbons (Fsp3) is 0.474. The van der Waals surface area contributed by atoms with E-state index in [0.717, 1.165) is 24.8 Å². The minimum atomic E-state index is -4.12. The summed E-state index contributed by atoms with van der Waals surface area (Å²) in [5, 5.41) is 8.92. The number of benzene rings is 1. The van der Waals surface area contributed by atoms with E-state index in [2.05, 4.69) is 0 Å². The number of imide groups is 1. The van der Waals surface area contributed by atoms with Crippen molar-refractivity contribution < 1.29 is 22.8 Å². The van der Waals surface area contributed by atoms with Gasteiger partial charge in [-0.25, -0.2) is 12.7 Å². The highest BCUT2D eigenvalue weighted by atomic mass is 32.2. The van der Waals surface area contributed by atoms with E-state index in [1.165, 1.54) is 24.3 Å². The monoisotopic (exact) mass is 403 g/mol. The number of nitrogens with zero attached hydrogens (tertiary/aromatic N) is 3. The fourth-order valence-electron chi connectivity index (χ4n) is 3.83. The molecule has 1 aromatic rings. The number of carbonyl (C=O) groups is 3. The molecule has 28 heavy (non-hydrogen) atoms. The molecule has 1 aliphatic carbocycles. The molecule has 1 aromatic carbocycles. The van der Waals surface area contributed by atoms with E-state index < -0.39 is 15.9 Å². The SMILES string of the molecule is CN(C(=O)CCN1C(=O)[C@H]2CCCC[C@@H]2C1=O)S(=O)(=O)c1cccc(C#N)c1. The molecule has 1 aliphatic heterocycles. The summed E-state index contributed by atoms with van der Waals surface area (Å²) >= 11 is 0. The van der Waals surface area contributed by atoms with Gasteiger partial charge >= 0.3 is 0 Å². The van der Waals surface area contributed by atoms with Gasteiger partial charge in [0.15, 0.2) is 0 Å². The standard InChI is InChI=1S/C19H21N3O5S/c1-21(28(26,27)14-6-4-5-13(11-14)12-20)17(23)9-10-22-18(24)15-7-2-3-8-16(15)19(22)25/h4-6,11,15-16H,2-3,7-10H2,1H3/t15-,16-/m0/s1. The van der Waals surface area contributed by atoms with Crippen molar-refractivity contribution in [1.29, 1.82) is 5.26 Å². The van der Waals surface area contributed by atoms with Gasteiger partial charge in [-0.3, -0.25) is 19.3 Å². The van der Waals surface area contributed by atoms with Gasteiger partial charge in [0.05, 0.1) is 28.4 Å². The first-order valence-corrected chi connectivity index (χ1v) is 10.6. The number of carbonyl (C=O) groups excluding carboxylic acids is 3. The molecule has 9 heteroatoms. The number of rotatable bonds is 5. The van der Waals surface area contributed by atoms with Crippen LogP contribution >= 0.6 is 0 Å². The lowest BCUT2D eigenvalue weighted by atomic mass is 9.81. The van der Waals surface area contributed by atoms with Crippen molar-refractivity contribution in [2.24, 2.45) is 11.8 Å². The van der Waals surface area contributed by atoms with Crippen molar-refractivity contribution in [2.75, 3.05) is 13.6 Å². The lowest BCUT2D eigenvalue weighted by Gasteiger charge is -2.20. The number of sulfonamides is 1. The Morgan fingerprint density at radius 2 is 1.82 bits per heavy atom. The second kappa shape index (κ2) is 7.72. The van der Waals surface area contributed by atoms with Crippen LogP contribution in [0.4, 0.5) is 0 Å². The number of hydrogen-bond donors (Lipinski definition) is 0. The Balaban J connectivity index is 1.68. The van der Waals surface area contributed by atoms with E-state index in [4.69, 9.17) is 5.26 Å². The maximum absolute atomic E-state index is 12.6. The molecular weight excluding hydrogens is 382 g/mol. The molecule has 0 spiro atoms. The second-order valence-electron chi connectivity index (χ2n) is 7.08. The Labute approximate surface area is 163 Å². The maximum Gasteiger partial charge on any atom is 0.266 e. The van der Waals surface area contributed by atoms with Gasteiger partial charge in [0.1, 0.15) is 0 Å². The highest BCUT2D eigenvalue weighted by Crippen LogP contribution is 2.38. The third-order valence-corrected chi connectivity index (χ3v) is 7.23. The highest BCUT2D eigenvalue weighted by molar-refractivity contribution is 7.89. The Kier molecular flexibility index (Phi) is 5.52. The summed E-state index contributed by atoms with van der Waals surface area (Å²) < 4.78 is 25.8. The van der Waals surface area contributed by atoms with E-state index in [-0.39, 0.29) is 47.1 Å². The molecule has 0 N–H and O–H groups in total. The van der Waals surface area contributed by atoms with Crippen LogP contribution in [0.2, 0.25) is 0 Å². The molecule has 0 aromatic heterocycles. The van der Waals surface area contributed by atoms with Crippen molar-refractivity contribution in [3.63, 3.8) is 0 Å². The van der Waals surface area contributed by atoms with Gasteiger partial charge in [0, 0.05) is 20.0 Å². The number of likely N-dealkylation sites (tertiary alicyclic amines) is 1. The molecule has 0 bridgehead atoms. The van der Waals surface area contributed by atoms with Crippen LogP contribution in [0, 0.1) is 23.2 Å². The van der Waals surface area contributed by atoms with Crippen LogP contribution in [0.15, 0.2) is 29.2 Å². The fourth-order valence-corrected chi connectivity index (χ4v) is 5.04. The van der Waals surface area contributed by atoms with Crippen molar-refractivity contribution >= 4 is 27.7 Å². The molecule has 0 radical (unpaired) electrons. The molecule has 2 fully saturated rings. The Bertz CT molecular complexity index is 942. The molecule has 3 amide bonds. The summed E-state index contributed by atoms with van der Waals surface area (Å²) in [6.45, 7) is -0.123. The van der Waals surface area contributed by atoms with Crippen LogP contribution in [0.3, 0.4) is 0 Å². The summed E-state index contributed by atoms with van der Waals surface area (Å²) in [6.07, 6.45) is 2.92. The predicted octanol–water partition coefficient (Wildman–Crippen LogP) is 1.27. The van der Waals surface area contributed by atoms with Crippen LogP contribution in [0.25, 0.3) is 0 Å². The molecule has 0 unspecified atom stereocenters. The summed E-state index contributed by atoms with van der Waals surface area (Å²) in [4.78, 5) is 38.3. The van der Waals surface area contributed by atoms with Crippen LogP contribution in [-0.2, 0) is 24.4 Å². The average Bonchev–Trinajstić information content (AvgIpc) is 2.96. The van der Waals surface area contributed by atoms with Gasteiger partial charge in [0.25, 0.3) is 10.0 Å². The summed E-state index contributed by atoms with van der Waals surface area (Å²) in [5.41, 5.74) is 0.165. The van der Waals surface area contributed by atoms with E-state index >= 15 is 0 Å². The molecule has 148 valence electrons. The van der Waals surface area contributed by atoms with Crippen molar-refractivity contribution in [3.8, 4) is 6.07 Å². The van der Waals surface area contributed by atoms with E-state index in [1.807, 2.05) is 6.07 Å². The zero-order valence-electron chi connectivity index (χ0n) is 15.5. The Hall–Kier alpha value is -2.73. The maximum atomic E-state index is 12.6. The number of nitriles is 1. The minimum absolute atomic E-state index is 0.123. The highest BCUT2D eigenvalue weighted by Gasteiger charge is 2.48. The zero-order chi connectivity index (χ0) is 20.5. The molecule has 1 heterocycles. The van der Waals surface area contributed by atoms with Gasteiger partial charge in [-0.2, -0.15) is 5.26 Å². The van der Waals surface area contributed by atoms with E-state index in [1.54, 1.807) is 0 Å². The quantitative estimate of drug-likeness (QED) is 0.684. The molecule has 2 atom stereocenters. The first-order valence-electron chi connectivity index (χ1n) is 9.14. The largest absolute Gasteiger partial charge is 0.282 e. The van der Waals surface area contributed by atoms with Gasteiger partial charge in [-0.15, -0.1) is 0 Å². The van der Waals surface area contributed by atoms with Crippen LogP contribution in [-0.4, -0.2) is 48.9 Å². The lowest BCUT2D eigenvalue weighted by molar-refractivity contribution is -0.140. The number of hydrogen-bond acceptors (Lipinski definition) is 6. The summed E-state index contributed by atoms with van der Waals surface area (Å²) in [5.74, 6) is -1.83. The topological polar surface area (TPSA) is 116 Å². The molecule has 1 saturated carbocycles. The van der Waals surface area contributed by atoms with Crippen molar-refractivity contribution in [1.82, 2.24) is 9.21 Å². The predicted molar refractivity (Wildman–Crippen MR) is 97.9 cm³/mol. The Morgan fingerprint density at radius 3 is 2.39 bits per heavy atom. The third-order valence-electron chi connectivity index (χ3n) is 5.45. The first kappa shape index (κ1) is 20.0. The molecule has 8 nitrogen and oxygen atoms in total. The second-order valence-corrected chi connectivity index (χ2v) is 9.05. The minimum Gasteiger partial charge on any atom is -0.282 e. The van der Waals surface area contributed by atoms with Gasteiger partial charge < -0.3 is 0 Å². The van der Waals surface area contributed by atoms with Crippen LogP contribution in [0.1, 0.15) is 37.7 Å². The van der Waals surface area contributed by atoms with Gasteiger partial charge in [-0.05, 0) is 31.0 Å². The average molecular weight is 403 g/mol. The zero-order valence-corrected chi connectivity index (χ0v) is 16.3. The normalized spacial score (nSPS) is 21.9. The van der Waals surface area contributed by atoms with Crippen LogP contribution < -0.4 is 0 Å². The van der Waals surface area contributed by atoms with Gasteiger partial charge in [-0.1, -0.05) is 18.9 Å². The summed E-state index contributed by atoms with van der Waals surface area (Å²) in [7, 11) is -2.99. The van der Waals surface area contributed by atoms with Crippen LogP contribution in [0.5, 0.6) is 0 Å². The Morgan fingerprint density at radius 1 is 1.21 bits per heavy atom. The van der Waals surface area contributed by atoms with E-state index in [9.17, 15) is 22.8 Å². The third kappa shape index (κ3) is 3.52. The molecule has 3 rings (SSSR count). The molecular formula is C19H21N3O5S. The smallest absolute Gasteiger partial charge is 0.266 e. The first-order chi connectivity index (χ1) is 13.3. The lowest BCUT2D eigenvalue weighted by Crippen LogP contribution is -2.38. The van der Waals surface area contributed by atoms with E-state index in [0.29, 0.717) is 17.1 Å². The van der Waals surface area contributed by atoms with Gasteiger partial charge in [0.2, 0.25) is 17.7 Å².